The minimum absolute atomic E-state index is 0.288. The summed E-state index contributed by atoms with van der Waals surface area (Å²) in [5, 5.41) is 10.1. The third-order valence-corrected chi connectivity index (χ3v) is 8.05. The van der Waals surface area contributed by atoms with E-state index < -0.39 is 15.6 Å². The summed E-state index contributed by atoms with van der Waals surface area (Å²) in [7, 11) is -3.49. The molecule has 0 amide bonds. The molecule has 4 rings (SSSR count). The SMILES string of the molecule is CC(C)(O)c1ccc(-c2ccc(CN3CCN(S(=O)(=O)c4ccc(N)cc4)CC3)cc2)cc1. The average Bonchev–Trinajstić information content (AvgIpc) is 2.80. The fraction of sp³-hybridized carbons (Fsp3) is 0.308. The Hall–Kier alpha value is -2.71. The Morgan fingerprint density at radius 1 is 0.818 bits per heavy atom. The quantitative estimate of drug-likeness (QED) is 0.543. The highest BCUT2D eigenvalue weighted by Gasteiger charge is 2.28. The summed E-state index contributed by atoms with van der Waals surface area (Å²) in [4.78, 5) is 2.57. The van der Waals surface area contributed by atoms with E-state index in [0.717, 1.165) is 23.2 Å². The number of anilines is 1. The summed E-state index contributed by atoms with van der Waals surface area (Å²) in [5.74, 6) is 0. The molecule has 0 aromatic heterocycles. The third kappa shape index (κ3) is 5.45. The number of hydrogen-bond acceptors (Lipinski definition) is 5. The first-order chi connectivity index (χ1) is 15.6. The molecule has 0 saturated carbocycles. The zero-order chi connectivity index (χ0) is 23.6. The number of sulfonamides is 1. The summed E-state index contributed by atoms with van der Waals surface area (Å²) in [6.45, 7) is 6.67. The van der Waals surface area contributed by atoms with Gasteiger partial charge in [0, 0.05) is 38.4 Å². The summed E-state index contributed by atoms with van der Waals surface area (Å²) >= 11 is 0. The largest absolute Gasteiger partial charge is 0.399 e. The number of hydrogen-bond donors (Lipinski definition) is 2. The van der Waals surface area contributed by atoms with Crippen LogP contribution in [-0.2, 0) is 22.2 Å². The number of benzene rings is 3. The second-order valence-electron chi connectivity index (χ2n) is 9.08. The van der Waals surface area contributed by atoms with Crippen molar-refractivity contribution < 1.29 is 13.5 Å². The summed E-state index contributed by atoms with van der Waals surface area (Å²) in [5.41, 5.74) is 9.70. The zero-order valence-corrected chi connectivity index (χ0v) is 19.9. The van der Waals surface area contributed by atoms with E-state index in [-0.39, 0.29) is 4.90 Å². The van der Waals surface area contributed by atoms with Gasteiger partial charge in [0.1, 0.15) is 0 Å². The van der Waals surface area contributed by atoms with Crippen LogP contribution in [0.25, 0.3) is 11.1 Å². The first kappa shape index (κ1) is 23.4. The van der Waals surface area contributed by atoms with Crippen molar-refractivity contribution in [3.05, 3.63) is 83.9 Å². The van der Waals surface area contributed by atoms with Gasteiger partial charge in [0.15, 0.2) is 0 Å². The van der Waals surface area contributed by atoms with Crippen LogP contribution in [0.1, 0.15) is 25.0 Å². The summed E-state index contributed by atoms with van der Waals surface area (Å²) < 4.78 is 27.3. The zero-order valence-electron chi connectivity index (χ0n) is 19.1. The Bertz CT molecular complexity index is 1180. The molecule has 1 aliphatic rings. The molecule has 0 atom stereocenters. The molecule has 1 saturated heterocycles. The Kier molecular flexibility index (Phi) is 6.59. The standard InChI is InChI=1S/C26H31N3O3S/c1-26(2,30)23-9-7-22(8-10-23)21-5-3-20(4-6-21)19-28-15-17-29(18-16-28)33(31,32)25-13-11-24(27)12-14-25/h3-14,30H,15-19,27H2,1-2H3. The van der Waals surface area contributed by atoms with Gasteiger partial charge in [-0.2, -0.15) is 4.31 Å². The second-order valence-corrected chi connectivity index (χ2v) is 11.0. The van der Waals surface area contributed by atoms with Gasteiger partial charge in [0.2, 0.25) is 10.0 Å². The number of nitrogen functional groups attached to an aromatic ring is 1. The van der Waals surface area contributed by atoms with Crippen LogP contribution >= 0.6 is 0 Å². The Morgan fingerprint density at radius 2 is 1.33 bits per heavy atom. The normalized spacial score (nSPS) is 16.1. The molecule has 0 aliphatic carbocycles. The van der Waals surface area contributed by atoms with Gasteiger partial charge in [0.05, 0.1) is 10.5 Å². The van der Waals surface area contributed by atoms with Crippen molar-refractivity contribution in [3.63, 3.8) is 0 Å². The van der Waals surface area contributed by atoms with Crippen LogP contribution in [0.3, 0.4) is 0 Å². The van der Waals surface area contributed by atoms with Crippen LogP contribution in [0.5, 0.6) is 0 Å². The van der Waals surface area contributed by atoms with Crippen LogP contribution < -0.4 is 5.73 Å². The van der Waals surface area contributed by atoms with E-state index in [1.165, 1.54) is 5.56 Å². The van der Waals surface area contributed by atoms with E-state index >= 15 is 0 Å². The number of piperazine rings is 1. The molecule has 1 heterocycles. The van der Waals surface area contributed by atoms with Crippen LogP contribution in [0.4, 0.5) is 5.69 Å². The topological polar surface area (TPSA) is 86.9 Å². The molecule has 3 aromatic rings. The molecule has 33 heavy (non-hydrogen) atoms. The molecule has 174 valence electrons. The minimum atomic E-state index is -3.49. The van der Waals surface area contributed by atoms with E-state index in [2.05, 4.69) is 29.2 Å². The number of nitrogens with two attached hydrogens (primary N) is 1. The maximum atomic E-state index is 12.9. The molecule has 3 aromatic carbocycles. The van der Waals surface area contributed by atoms with Crippen LogP contribution in [-0.4, -0.2) is 48.9 Å². The predicted molar refractivity (Wildman–Crippen MR) is 132 cm³/mol. The number of rotatable bonds is 6. The first-order valence-electron chi connectivity index (χ1n) is 11.1. The molecule has 0 bridgehead atoms. The average molecular weight is 466 g/mol. The summed E-state index contributed by atoms with van der Waals surface area (Å²) in [6, 6.07) is 22.8. The molecule has 0 radical (unpaired) electrons. The fourth-order valence-electron chi connectivity index (χ4n) is 4.05. The molecule has 3 N–H and O–H groups in total. The van der Waals surface area contributed by atoms with Crippen molar-refractivity contribution in [3.8, 4) is 11.1 Å². The predicted octanol–water partition coefficient (Wildman–Crippen LogP) is 3.67. The van der Waals surface area contributed by atoms with Crippen molar-refractivity contribution in [1.82, 2.24) is 9.21 Å². The fourth-order valence-corrected chi connectivity index (χ4v) is 5.47. The maximum Gasteiger partial charge on any atom is 0.243 e. The Labute approximate surface area is 196 Å². The lowest BCUT2D eigenvalue weighted by atomic mass is 9.95. The molecule has 0 unspecified atom stereocenters. The van der Waals surface area contributed by atoms with Crippen molar-refractivity contribution >= 4 is 15.7 Å². The Balaban J connectivity index is 1.35. The molecular formula is C26H31N3O3S. The van der Waals surface area contributed by atoms with E-state index in [1.54, 1.807) is 42.4 Å². The third-order valence-electron chi connectivity index (χ3n) is 6.13. The van der Waals surface area contributed by atoms with Gasteiger partial charge in [-0.25, -0.2) is 8.42 Å². The number of nitrogens with zero attached hydrogens (tertiary/aromatic N) is 2. The highest BCUT2D eigenvalue weighted by molar-refractivity contribution is 7.89. The lowest BCUT2D eigenvalue weighted by Crippen LogP contribution is -2.48. The van der Waals surface area contributed by atoms with Crippen LogP contribution in [0.2, 0.25) is 0 Å². The smallest absolute Gasteiger partial charge is 0.243 e. The van der Waals surface area contributed by atoms with Crippen LogP contribution in [0, 0.1) is 0 Å². The highest BCUT2D eigenvalue weighted by Crippen LogP contribution is 2.25. The van der Waals surface area contributed by atoms with E-state index in [1.807, 2.05) is 24.3 Å². The van der Waals surface area contributed by atoms with Crippen LogP contribution in [0.15, 0.2) is 77.7 Å². The van der Waals surface area contributed by atoms with Crippen molar-refractivity contribution in [2.24, 2.45) is 0 Å². The Morgan fingerprint density at radius 3 is 1.85 bits per heavy atom. The lowest BCUT2D eigenvalue weighted by molar-refractivity contribution is 0.0786. The minimum Gasteiger partial charge on any atom is -0.399 e. The van der Waals surface area contributed by atoms with Gasteiger partial charge in [-0.05, 0) is 60.4 Å². The molecular weight excluding hydrogens is 434 g/mol. The first-order valence-corrected chi connectivity index (χ1v) is 12.6. The van der Waals surface area contributed by atoms with E-state index in [0.29, 0.717) is 31.9 Å². The molecule has 0 spiro atoms. The van der Waals surface area contributed by atoms with Gasteiger partial charge in [-0.3, -0.25) is 4.90 Å². The van der Waals surface area contributed by atoms with Crippen molar-refractivity contribution in [2.45, 2.75) is 30.9 Å². The molecule has 1 aliphatic heterocycles. The molecule has 1 fully saturated rings. The molecule has 7 heteroatoms. The van der Waals surface area contributed by atoms with E-state index in [9.17, 15) is 13.5 Å². The number of aliphatic hydroxyl groups is 1. The van der Waals surface area contributed by atoms with Gasteiger partial charge in [0.25, 0.3) is 0 Å². The maximum absolute atomic E-state index is 12.9. The van der Waals surface area contributed by atoms with Gasteiger partial charge >= 0.3 is 0 Å². The molecule has 6 nitrogen and oxygen atoms in total. The summed E-state index contributed by atoms with van der Waals surface area (Å²) in [6.07, 6.45) is 0. The lowest BCUT2D eigenvalue weighted by Gasteiger charge is -2.34. The van der Waals surface area contributed by atoms with E-state index in [4.69, 9.17) is 5.73 Å². The van der Waals surface area contributed by atoms with Gasteiger partial charge < -0.3 is 10.8 Å². The highest BCUT2D eigenvalue weighted by atomic mass is 32.2. The van der Waals surface area contributed by atoms with Crippen molar-refractivity contribution in [1.29, 1.82) is 0 Å². The van der Waals surface area contributed by atoms with Crippen molar-refractivity contribution in [2.75, 3.05) is 31.9 Å². The second kappa shape index (κ2) is 9.27. The monoisotopic (exact) mass is 465 g/mol. The van der Waals surface area contributed by atoms with Gasteiger partial charge in [-0.1, -0.05) is 48.5 Å². The van der Waals surface area contributed by atoms with Gasteiger partial charge in [-0.15, -0.1) is 0 Å².